The summed E-state index contributed by atoms with van der Waals surface area (Å²) in [5.74, 6) is -0.270. The van der Waals surface area contributed by atoms with Gasteiger partial charge in [0.2, 0.25) is 5.91 Å². The van der Waals surface area contributed by atoms with Crippen molar-refractivity contribution in [2.24, 2.45) is 0 Å². The van der Waals surface area contributed by atoms with Crippen molar-refractivity contribution >= 4 is 51.9 Å². The van der Waals surface area contributed by atoms with Crippen LogP contribution < -0.4 is 10.1 Å². The lowest BCUT2D eigenvalue weighted by atomic mass is 10.2. The maximum atomic E-state index is 13.1. The van der Waals surface area contributed by atoms with E-state index in [-0.39, 0.29) is 11.7 Å². The molecule has 0 aliphatic carbocycles. The van der Waals surface area contributed by atoms with E-state index in [9.17, 15) is 9.18 Å². The fourth-order valence-corrected chi connectivity index (χ4v) is 3.54. The van der Waals surface area contributed by atoms with Crippen molar-refractivity contribution in [1.29, 1.82) is 0 Å². The zero-order valence-corrected chi connectivity index (χ0v) is 17.7. The molecule has 9 heteroatoms. The molecule has 1 amide bonds. The molecule has 1 heterocycles. The fraction of sp³-hybridized carbons (Fsp3) is 0.0455. The second-order valence-corrected chi connectivity index (χ2v) is 7.35. The number of methoxy groups -OCH3 is 1. The van der Waals surface area contributed by atoms with Gasteiger partial charge < -0.3 is 10.1 Å². The number of anilines is 1. The van der Waals surface area contributed by atoms with E-state index < -0.39 is 0 Å². The standard InChI is InChI=1S/C22H15Cl2FN4O2/c1-31-22-13(10-14(23)11-18(22)24)2-9-21(30)26-16-5-8-19-20(12-16)28-29(27-19)17-6-3-15(25)4-7-17/h2-12H,1H3,(H,26,30)/b9-2+. The van der Waals surface area contributed by atoms with Crippen molar-refractivity contribution in [3.05, 3.63) is 82.1 Å². The molecule has 0 unspecified atom stereocenters. The predicted octanol–water partition coefficient (Wildman–Crippen LogP) is 5.53. The van der Waals surface area contributed by atoms with Crippen LogP contribution in [0.25, 0.3) is 22.8 Å². The SMILES string of the molecule is COc1c(Cl)cc(Cl)cc1/C=C/C(=O)Nc1ccc2nn(-c3ccc(F)cc3)nc2c1. The third kappa shape index (κ3) is 4.68. The van der Waals surface area contributed by atoms with Gasteiger partial charge in [-0.1, -0.05) is 23.2 Å². The summed E-state index contributed by atoms with van der Waals surface area (Å²) >= 11 is 12.1. The Labute approximate surface area is 186 Å². The molecule has 4 rings (SSSR count). The smallest absolute Gasteiger partial charge is 0.248 e. The predicted molar refractivity (Wildman–Crippen MR) is 120 cm³/mol. The van der Waals surface area contributed by atoms with Crippen LogP contribution in [-0.2, 0) is 4.79 Å². The molecule has 4 aromatic rings. The van der Waals surface area contributed by atoms with Crippen molar-refractivity contribution in [2.75, 3.05) is 12.4 Å². The maximum absolute atomic E-state index is 13.1. The highest BCUT2D eigenvalue weighted by molar-refractivity contribution is 6.36. The first-order chi connectivity index (χ1) is 14.9. The molecule has 0 saturated carbocycles. The Kier molecular flexibility index (Phi) is 5.88. The third-order valence-electron chi connectivity index (χ3n) is 4.36. The molecule has 0 aliphatic rings. The van der Waals surface area contributed by atoms with E-state index >= 15 is 0 Å². The van der Waals surface area contributed by atoms with E-state index in [1.54, 1.807) is 48.5 Å². The van der Waals surface area contributed by atoms with Crippen molar-refractivity contribution in [1.82, 2.24) is 15.0 Å². The zero-order valence-electron chi connectivity index (χ0n) is 16.1. The Morgan fingerprint density at radius 3 is 2.55 bits per heavy atom. The lowest BCUT2D eigenvalue weighted by Crippen LogP contribution is -2.07. The van der Waals surface area contributed by atoms with Gasteiger partial charge >= 0.3 is 0 Å². The zero-order chi connectivity index (χ0) is 22.0. The highest BCUT2D eigenvalue weighted by Gasteiger charge is 2.09. The quantitative estimate of drug-likeness (QED) is 0.401. The Bertz CT molecular complexity index is 1300. The number of carbonyl (C=O) groups is 1. The average molecular weight is 457 g/mol. The van der Waals surface area contributed by atoms with E-state index in [2.05, 4.69) is 15.5 Å². The second kappa shape index (κ2) is 8.75. The van der Waals surface area contributed by atoms with Crippen LogP contribution in [0.15, 0.2) is 60.7 Å². The number of fused-ring (bicyclic) bond motifs is 1. The topological polar surface area (TPSA) is 69.0 Å². The molecule has 1 aromatic heterocycles. The van der Waals surface area contributed by atoms with E-state index in [1.165, 1.54) is 30.1 Å². The van der Waals surface area contributed by atoms with E-state index in [0.29, 0.717) is 43.8 Å². The van der Waals surface area contributed by atoms with Crippen LogP contribution >= 0.6 is 23.2 Å². The number of aromatic nitrogens is 3. The average Bonchev–Trinajstić information content (AvgIpc) is 3.16. The number of amides is 1. The molecule has 31 heavy (non-hydrogen) atoms. The van der Waals surface area contributed by atoms with Gasteiger partial charge in [0.1, 0.15) is 22.6 Å². The summed E-state index contributed by atoms with van der Waals surface area (Å²) in [5.41, 5.74) is 2.96. The molecule has 0 atom stereocenters. The van der Waals surface area contributed by atoms with E-state index in [4.69, 9.17) is 27.9 Å². The molecule has 156 valence electrons. The molecule has 0 radical (unpaired) electrons. The van der Waals surface area contributed by atoms with Gasteiger partial charge in [-0.25, -0.2) is 4.39 Å². The van der Waals surface area contributed by atoms with E-state index in [1.807, 2.05) is 0 Å². The summed E-state index contributed by atoms with van der Waals surface area (Å²) in [6.07, 6.45) is 2.92. The van der Waals surface area contributed by atoms with Crippen LogP contribution in [0.1, 0.15) is 5.56 Å². The van der Waals surface area contributed by atoms with E-state index in [0.717, 1.165) is 0 Å². The summed E-state index contributed by atoms with van der Waals surface area (Å²) in [4.78, 5) is 13.8. The largest absolute Gasteiger partial charge is 0.495 e. The van der Waals surface area contributed by atoms with Crippen molar-refractivity contribution in [3.8, 4) is 11.4 Å². The van der Waals surface area contributed by atoms with Crippen molar-refractivity contribution in [3.63, 3.8) is 0 Å². The first-order valence-electron chi connectivity index (χ1n) is 9.08. The van der Waals surface area contributed by atoms with Crippen molar-refractivity contribution in [2.45, 2.75) is 0 Å². The number of nitrogens with zero attached hydrogens (tertiary/aromatic N) is 3. The summed E-state index contributed by atoms with van der Waals surface area (Å²) < 4.78 is 18.4. The number of halogens is 3. The number of ether oxygens (including phenoxy) is 1. The lowest BCUT2D eigenvalue weighted by Gasteiger charge is -2.08. The number of nitrogens with one attached hydrogen (secondary N) is 1. The maximum Gasteiger partial charge on any atom is 0.248 e. The summed E-state index contributed by atoms with van der Waals surface area (Å²) in [5, 5.41) is 12.3. The Morgan fingerprint density at radius 1 is 1.06 bits per heavy atom. The minimum atomic E-state index is -0.358. The van der Waals surface area contributed by atoms with Crippen LogP contribution in [0.2, 0.25) is 10.0 Å². The molecule has 0 bridgehead atoms. The Hall–Kier alpha value is -3.42. The monoisotopic (exact) mass is 456 g/mol. The molecule has 0 spiro atoms. The number of hydrogen-bond donors (Lipinski definition) is 1. The van der Waals surface area contributed by atoms with Gasteiger partial charge in [0.05, 0.1) is 17.8 Å². The first kappa shape index (κ1) is 20.8. The molecule has 0 aliphatic heterocycles. The van der Waals surface area contributed by atoms with Gasteiger partial charge in [0, 0.05) is 22.3 Å². The molecular formula is C22H15Cl2FN4O2. The molecule has 3 aromatic carbocycles. The second-order valence-electron chi connectivity index (χ2n) is 6.50. The van der Waals surface area contributed by atoms with Crippen LogP contribution in [0.5, 0.6) is 5.75 Å². The van der Waals surface area contributed by atoms with Crippen LogP contribution in [0.4, 0.5) is 10.1 Å². The minimum Gasteiger partial charge on any atom is -0.495 e. The molecule has 6 nitrogen and oxygen atoms in total. The lowest BCUT2D eigenvalue weighted by molar-refractivity contribution is -0.111. The van der Waals surface area contributed by atoms with Gasteiger partial charge in [-0.2, -0.15) is 4.80 Å². The van der Waals surface area contributed by atoms with Crippen LogP contribution in [-0.4, -0.2) is 28.0 Å². The molecule has 0 saturated heterocycles. The van der Waals surface area contributed by atoms with Gasteiger partial charge in [-0.15, -0.1) is 10.2 Å². The Morgan fingerprint density at radius 2 is 1.81 bits per heavy atom. The number of hydrogen-bond acceptors (Lipinski definition) is 4. The summed E-state index contributed by atoms with van der Waals surface area (Å²) in [7, 11) is 1.49. The van der Waals surface area contributed by atoms with Gasteiger partial charge in [0.15, 0.2) is 0 Å². The highest BCUT2D eigenvalue weighted by Crippen LogP contribution is 2.33. The first-order valence-corrected chi connectivity index (χ1v) is 9.83. The number of carbonyl (C=O) groups excluding carboxylic acids is 1. The third-order valence-corrected chi connectivity index (χ3v) is 4.86. The summed E-state index contributed by atoms with van der Waals surface area (Å²) in [6, 6.07) is 14.2. The number of rotatable bonds is 5. The molecular weight excluding hydrogens is 442 g/mol. The molecule has 0 fully saturated rings. The van der Waals surface area contributed by atoms with Gasteiger partial charge in [-0.3, -0.25) is 4.79 Å². The van der Waals surface area contributed by atoms with Crippen molar-refractivity contribution < 1.29 is 13.9 Å². The van der Waals surface area contributed by atoms with Crippen LogP contribution in [0.3, 0.4) is 0 Å². The normalized spacial score (nSPS) is 11.2. The van der Waals surface area contributed by atoms with Crippen LogP contribution in [0, 0.1) is 5.82 Å². The Balaban J connectivity index is 1.53. The van der Waals surface area contributed by atoms with Gasteiger partial charge in [0.25, 0.3) is 0 Å². The summed E-state index contributed by atoms with van der Waals surface area (Å²) in [6.45, 7) is 0. The molecule has 1 N–H and O–H groups in total. The van der Waals surface area contributed by atoms with Gasteiger partial charge in [-0.05, 0) is 60.7 Å². The minimum absolute atomic E-state index is 0.337. The fourth-order valence-electron chi connectivity index (χ4n) is 2.95. The number of benzene rings is 3. The highest BCUT2D eigenvalue weighted by atomic mass is 35.5.